The summed E-state index contributed by atoms with van der Waals surface area (Å²) in [6, 6.07) is 7.82. The number of carbonyl (C=O) groups is 1. The molecule has 0 saturated carbocycles. The van der Waals surface area contributed by atoms with E-state index in [1.807, 2.05) is 13.0 Å². The zero-order valence-corrected chi connectivity index (χ0v) is 11.9. The topological polar surface area (TPSA) is 46.3 Å². The highest BCUT2D eigenvalue weighted by Gasteiger charge is 2.34. The molecule has 110 valence electrons. The van der Waals surface area contributed by atoms with Gasteiger partial charge in [-0.3, -0.25) is 4.79 Å². The van der Waals surface area contributed by atoms with Crippen LogP contribution < -0.4 is 0 Å². The number of hydrogen-bond donors (Lipinski definition) is 0. The van der Waals surface area contributed by atoms with E-state index in [9.17, 15) is 9.18 Å². The first-order chi connectivity index (χ1) is 10.2. The lowest BCUT2D eigenvalue weighted by molar-refractivity contribution is 0.0710. The van der Waals surface area contributed by atoms with Crippen LogP contribution in [0.4, 0.5) is 4.39 Å². The predicted molar refractivity (Wildman–Crippen MR) is 75.3 cm³/mol. The number of likely N-dealkylation sites (tertiary alicyclic amines) is 1. The number of halogens is 1. The Bertz CT molecular complexity index is 653. The van der Waals surface area contributed by atoms with E-state index in [1.165, 1.54) is 12.1 Å². The average molecular weight is 288 g/mol. The Morgan fingerprint density at radius 1 is 1.48 bits per heavy atom. The molecule has 1 aliphatic rings. The van der Waals surface area contributed by atoms with E-state index in [-0.39, 0.29) is 17.5 Å². The molecule has 0 aliphatic carbocycles. The van der Waals surface area contributed by atoms with Crippen LogP contribution in [-0.4, -0.2) is 22.5 Å². The Morgan fingerprint density at radius 3 is 3.00 bits per heavy atom. The Morgan fingerprint density at radius 2 is 2.29 bits per heavy atom. The van der Waals surface area contributed by atoms with Crippen LogP contribution in [-0.2, 0) is 6.42 Å². The van der Waals surface area contributed by atoms with Gasteiger partial charge in [0.25, 0.3) is 5.91 Å². The van der Waals surface area contributed by atoms with Crippen molar-refractivity contribution in [3.05, 3.63) is 53.2 Å². The van der Waals surface area contributed by atoms with Gasteiger partial charge in [-0.1, -0.05) is 24.2 Å². The molecular weight excluding hydrogens is 271 g/mol. The fraction of sp³-hybridized carbons (Fsp3) is 0.375. The molecule has 1 aliphatic heterocycles. The molecule has 1 atom stereocenters. The first-order valence-electron chi connectivity index (χ1n) is 7.21. The number of aromatic nitrogens is 1. The third kappa shape index (κ3) is 2.55. The minimum atomic E-state index is -0.486. The molecule has 0 unspecified atom stereocenters. The van der Waals surface area contributed by atoms with Crippen molar-refractivity contribution in [3.63, 3.8) is 0 Å². The highest BCUT2D eigenvalue weighted by molar-refractivity contribution is 5.94. The second kappa shape index (κ2) is 5.68. The third-order valence-electron chi connectivity index (χ3n) is 3.89. The summed E-state index contributed by atoms with van der Waals surface area (Å²) in [5.41, 5.74) is 0.981. The minimum Gasteiger partial charge on any atom is -0.359 e. The monoisotopic (exact) mass is 288 g/mol. The quantitative estimate of drug-likeness (QED) is 0.870. The van der Waals surface area contributed by atoms with E-state index in [0.717, 1.165) is 25.0 Å². The molecular formula is C16H17FN2O2. The van der Waals surface area contributed by atoms with Gasteiger partial charge in [0.1, 0.15) is 5.82 Å². The highest BCUT2D eigenvalue weighted by atomic mass is 19.1. The maximum Gasteiger partial charge on any atom is 0.257 e. The molecule has 2 heterocycles. The maximum atomic E-state index is 13.8. The summed E-state index contributed by atoms with van der Waals surface area (Å²) in [6.07, 6.45) is 2.49. The van der Waals surface area contributed by atoms with Crippen LogP contribution in [0.5, 0.6) is 0 Å². The van der Waals surface area contributed by atoms with E-state index >= 15 is 0 Å². The summed E-state index contributed by atoms with van der Waals surface area (Å²) in [4.78, 5) is 14.2. The molecule has 0 bridgehead atoms. The number of carbonyl (C=O) groups excluding carboxylic acids is 1. The van der Waals surface area contributed by atoms with E-state index in [4.69, 9.17) is 4.52 Å². The second-order valence-corrected chi connectivity index (χ2v) is 5.21. The van der Waals surface area contributed by atoms with Crippen LogP contribution in [0.1, 0.15) is 47.6 Å². The molecule has 1 amide bonds. The lowest BCUT2D eigenvalue weighted by atomic mass is 10.1. The molecule has 1 aromatic carbocycles. The van der Waals surface area contributed by atoms with Gasteiger partial charge in [0.05, 0.1) is 17.3 Å². The van der Waals surface area contributed by atoms with Gasteiger partial charge in [-0.15, -0.1) is 0 Å². The first kappa shape index (κ1) is 13.8. The number of aryl methyl sites for hydroxylation is 1. The lowest BCUT2D eigenvalue weighted by Crippen LogP contribution is -2.31. The molecule has 0 spiro atoms. The molecule has 21 heavy (non-hydrogen) atoms. The summed E-state index contributed by atoms with van der Waals surface area (Å²) < 4.78 is 19.1. The maximum absolute atomic E-state index is 13.8. The molecule has 0 N–H and O–H groups in total. The average Bonchev–Trinajstić information content (AvgIpc) is 3.15. The number of rotatable bonds is 3. The normalized spacial score (nSPS) is 18.2. The SMILES string of the molecule is CCc1cc([C@@H]2CCCN2C(=O)c2ccccc2F)on1. The van der Waals surface area contributed by atoms with Crippen molar-refractivity contribution < 1.29 is 13.7 Å². The zero-order valence-electron chi connectivity index (χ0n) is 11.9. The summed E-state index contributed by atoms with van der Waals surface area (Å²) >= 11 is 0. The minimum absolute atomic E-state index is 0.111. The Balaban J connectivity index is 1.87. The van der Waals surface area contributed by atoms with Crippen molar-refractivity contribution in [2.45, 2.75) is 32.2 Å². The fourth-order valence-corrected chi connectivity index (χ4v) is 2.75. The molecule has 1 aromatic heterocycles. The van der Waals surface area contributed by atoms with Gasteiger partial charge in [0, 0.05) is 12.6 Å². The molecule has 2 aromatic rings. The Hall–Kier alpha value is -2.17. The van der Waals surface area contributed by atoms with Gasteiger partial charge in [-0.05, 0) is 31.4 Å². The largest absolute Gasteiger partial charge is 0.359 e. The van der Waals surface area contributed by atoms with Gasteiger partial charge >= 0.3 is 0 Å². The van der Waals surface area contributed by atoms with Crippen LogP contribution in [0.2, 0.25) is 0 Å². The number of nitrogens with zero attached hydrogens (tertiary/aromatic N) is 2. The summed E-state index contributed by atoms with van der Waals surface area (Å²) in [6.45, 7) is 2.61. The standard InChI is InChI=1S/C16H17FN2O2/c1-2-11-10-15(21-18-11)14-8-5-9-19(14)16(20)12-6-3-4-7-13(12)17/h3-4,6-7,10,14H,2,5,8-9H2,1H3/t14-/m0/s1. The van der Waals surface area contributed by atoms with Crippen molar-refractivity contribution in [2.24, 2.45) is 0 Å². The van der Waals surface area contributed by atoms with Crippen molar-refractivity contribution in [3.8, 4) is 0 Å². The zero-order chi connectivity index (χ0) is 14.8. The second-order valence-electron chi connectivity index (χ2n) is 5.21. The van der Waals surface area contributed by atoms with Crippen LogP contribution in [0, 0.1) is 5.82 Å². The summed E-state index contributed by atoms with van der Waals surface area (Å²) in [5.74, 6) is -0.0842. The van der Waals surface area contributed by atoms with Gasteiger partial charge in [-0.25, -0.2) is 4.39 Å². The molecule has 1 fully saturated rings. The van der Waals surface area contributed by atoms with Gasteiger partial charge < -0.3 is 9.42 Å². The van der Waals surface area contributed by atoms with E-state index in [0.29, 0.717) is 12.3 Å². The van der Waals surface area contributed by atoms with Gasteiger partial charge in [0.15, 0.2) is 5.76 Å². The molecule has 5 heteroatoms. The van der Waals surface area contributed by atoms with E-state index in [1.54, 1.807) is 17.0 Å². The predicted octanol–water partition coefficient (Wildman–Crippen LogP) is 3.35. The van der Waals surface area contributed by atoms with Gasteiger partial charge in [-0.2, -0.15) is 0 Å². The van der Waals surface area contributed by atoms with Crippen molar-refractivity contribution in [1.29, 1.82) is 0 Å². The van der Waals surface area contributed by atoms with Crippen LogP contribution in [0.15, 0.2) is 34.9 Å². The van der Waals surface area contributed by atoms with E-state index in [2.05, 4.69) is 5.16 Å². The molecule has 3 rings (SSSR count). The lowest BCUT2D eigenvalue weighted by Gasteiger charge is -2.22. The van der Waals surface area contributed by atoms with Crippen molar-refractivity contribution >= 4 is 5.91 Å². The first-order valence-corrected chi connectivity index (χ1v) is 7.21. The van der Waals surface area contributed by atoms with E-state index < -0.39 is 5.82 Å². The smallest absolute Gasteiger partial charge is 0.257 e. The van der Waals surface area contributed by atoms with Crippen LogP contribution in [0.25, 0.3) is 0 Å². The van der Waals surface area contributed by atoms with Crippen molar-refractivity contribution in [1.82, 2.24) is 10.1 Å². The fourth-order valence-electron chi connectivity index (χ4n) is 2.75. The van der Waals surface area contributed by atoms with Crippen molar-refractivity contribution in [2.75, 3.05) is 6.54 Å². The summed E-state index contributed by atoms with van der Waals surface area (Å²) in [5, 5.41) is 3.98. The molecule has 1 saturated heterocycles. The third-order valence-corrected chi connectivity index (χ3v) is 3.89. The van der Waals surface area contributed by atoms with Crippen LogP contribution in [0.3, 0.4) is 0 Å². The Kier molecular flexibility index (Phi) is 3.73. The molecule has 4 nitrogen and oxygen atoms in total. The number of benzene rings is 1. The Labute approximate surface area is 122 Å². The highest BCUT2D eigenvalue weighted by Crippen LogP contribution is 2.33. The number of hydrogen-bond acceptors (Lipinski definition) is 3. The van der Waals surface area contributed by atoms with Crippen LogP contribution >= 0.6 is 0 Å². The van der Waals surface area contributed by atoms with Gasteiger partial charge in [0.2, 0.25) is 0 Å². The molecule has 0 radical (unpaired) electrons. The number of amides is 1. The summed E-state index contributed by atoms with van der Waals surface area (Å²) in [7, 11) is 0.